The van der Waals surface area contributed by atoms with Gasteiger partial charge in [-0.2, -0.15) is 0 Å². The molecule has 7 aromatic rings. The molecule has 278 valence electrons. The molecule has 7 rings (SSSR count). The molecular weight excluding hydrogens is 784 g/mol. The Morgan fingerprint density at radius 1 is 0.315 bits per heavy atom. The SMILES string of the molecule is CC(C)c1cc(C(C)C)c(-c2ccc3c(Br)cc4cc5cc(Br)c6ccc(-c7c(C(C)C)cc(C(C)C)cc7C(C)C)cc6c5cc4c3c2)c(C(C)C)c1. The van der Waals surface area contributed by atoms with Crippen molar-refractivity contribution in [1.29, 1.82) is 0 Å². The van der Waals surface area contributed by atoms with Crippen molar-refractivity contribution in [2.75, 3.05) is 0 Å². The highest BCUT2D eigenvalue weighted by atomic mass is 79.9. The van der Waals surface area contributed by atoms with Crippen LogP contribution >= 0.6 is 31.9 Å². The Morgan fingerprint density at radius 3 is 0.944 bits per heavy atom. The third kappa shape index (κ3) is 6.85. The van der Waals surface area contributed by atoms with E-state index in [9.17, 15) is 0 Å². The third-order valence-corrected chi connectivity index (χ3v) is 13.1. The Balaban J connectivity index is 1.54. The monoisotopic (exact) mass is 838 g/mol. The van der Waals surface area contributed by atoms with E-state index in [1.165, 1.54) is 98.7 Å². The van der Waals surface area contributed by atoms with Crippen LogP contribution in [0.2, 0.25) is 0 Å². The highest BCUT2D eigenvalue weighted by Gasteiger charge is 2.22. The number of benzene rings is 7. The zero-order chi connectivity index (χ0) is 38.9. The summed E-state index contributed by atoms with van der Waals surface area (Å²) >= 11 is 7.99. The number of fused-ring (bicyclic) bond motifs is 6. The van der Waals surface area contributed by atoms with Crippen LogP contribution < -0.4 is 0 Å². The van der Waals surface area contributed by atoms with Gasteiger partial charge in [-0.15, -0.1) is 0 Å². The molecule has 0 spiro atoms. The molecule has 0 unspecified atom stereocenters. The van der Waals surface area contributed by atoms with E-state index in [4.69, 9.17) is 0 Å². The minimum absolute atomic E-state index is 0.420. The highest BCUT2D eigenvalue weighted by Crippen LogP contribution is 2.45. The Hall–Kier alpha value is -3.46. The second-order valence-corrected chi connectivity index (χ2v) is 19.3. The predicted molar refractivity (Wildman–Crippen MR) is 247 cm³/mol. The fourth-order valence-electron chi connectivity index (χ4n) is 8.61. The van der Waals surface area contributed by atoms with Gasteiger partial charge in [-0.3, -0.25) is 0 Å². The maximum atomic E-state index is 3.99. The molecule has 0 saturated heterocycles. The van der Waals surface area contributed by atoms with Crippen molar-refractivity contribution >= 4 is 74.9 Å². The highest BCUT2D eigenvalue weighted by molar-refractivity contribution is 9.11. The first-order valence-corrected chi connectivity index (χ1v) is 21.7. The molecule has 0 radical (unpaired) electrons. The van der Waals surface area contributed by atoms with E-state index in [1.54, 1.807) is 0 Å². The van der Waals surface area contributed by atoms with Gasteiger partial charge >= 0.3 is 0 Å². The maximum Gasteiger partial charge on any atom is 0.0260 e. The minimum Gasteiger partial charge on any atom is -0.0587 e. The van der Waals surface area contributed by atoms with Crippen molar-refractivity contribution in [2.45, 2.75) is 119 Å². The van der Waals surface area contributed by atoms with Gasteiger partial charge in [-0.05, 0) is 171 Å². The van der Waals surface area contributed by atoms with Crippen molar-refractivity contribution in [3.8, 4) is 22.3 Å². The van der Waals surface area contributed by atoms with Crippen molar-refractivity contribution < 1.29 is 0 Å². The van der Waals surface area contributed by atoms with E-state index >= 15 is 0 Å². The summed E-state index contributed by atoms with van der Waals surface area (Å²) in [6.45, 7) is 28.0. The lowest BCUT2D eigenvalue weighted by Gasteiger charge is -2.24. The fourth-order valence-corrected chi connectivity index (χ4v) is 9.79. The van der Waals surface area contributed by atoms with Crippen molar-refractivity contribution in [2.24, 2.45) is 0 Å². The molecule has 0 nitrogen and oxygen atoms in total. The van der Waals surface area contributed by atoms with E-state index in [2.05, 4.69) is 200 Å². The molecule has 0 heterocycles. The van der Waals surface area contributed by atoms with E-state index in [-0.39, 0.29) is 0 Å². The van der Waals surface area contributed by atoms with Crippen LogP contribution in [0.5, 0.6) is 0 Å². The lowest BCUT2D eigenvalue weighted by molar-refractivity contribution is 0.807. The standard InChI is InChI=1S/C52H56Br2/c1-27(2)35-20-41(29(5)6)51(42(21-35)30(7)8)33-13-15-39-47(18-33)45-26-46-38(17-37(45)24-49(39)53)25-50(54)40-16-14-34(19-48(40)46)52-43(31(9)10)22-36(28(3)4)23-44(52)32(11)12/h13-32H,1-12H3. The first kappa shape index (κ1) is 38.8. The van der Waals surface area contributed by atoms with Crippen LogP contribution in [0.15, 0.2) is 93.9 Å². The third-order valence-electron chi connectivity index (χ3n) is 11.8. The van der Waals surface area contributed by atoms with Crippen LogP contribution in [-0.2, 0) is 0 Å². The van der Waals surface area contributed by atoms with Gasteiger partial charge in [0.1, 0.15) is 0 Å². The summed E-state index contributed by atoms with van der Waals surface area (Å²) in [5.41, 5.74) is 14.1. The molecular formula is C52H56Br2. The largest absolute Gasteiger partial charge is 0.0587 e. The summed E-state index contributed by atoms with van der Waals surface area (Å²) in [7, 11) is 0. The fraction of sp³-hybridized carbons (Fsp3) is 0.346. The van der Waals surface area contributed by atoms with Gasteiger partial charge in [0.2, 0.25) is 0 Å². The first-order chi connectivity index (χ1) is 25.5. The van der Waals surface area contributed by atoms with Crippen LogP contribution in [0.1, 0.15) is 152 Å². The molecule has 0 aliphatic heterocycles. The van der Waals surface area contributed by atoms with Crippen LogP contribution in [-0.4, -0.2) is 0 Å². The molecule has 0 bridgehead atoms. The lowest BCUT2D eigenvalue weighted by atomic mass is 9.81. The number of hydrogen-bond donors (Lipinski definition) is 0. The number of hydrogen-bond acceptors (Lipinski definition) is 0. The van der Waals surface area contributed by atoms with Gasteiger partial charge in [-0.25, -0.2) is 0 Å². The Kier molecular flexibility index (Phi) is 10.7. The Labute approximate surface area is 341 Å². The summed E-state index contributed by atoms with van der Waals surface area (Å²) in [4.78, 5) is 0. The molecule has 0 saturated carbocycles. The van der Waals surface area contributed by atoms with E-state index in [0.29, 0.717) is 35.5 Å². The quantitative estimate of drug-likeness (QED) is 0.106. The molecule has 0 aromatic heterocycles. The van der Waals surface area contributed by atoms with Crippen LogP contribution in [0.25, 0.3) is 65.3 Å². The van der Waals surface area contributed by atoms with Crippen molar-refractivity contribution in [1.82, 2.24) is 0 Å². The summed E-state index contributed by atoms with van der Waals surface area (Å²) in [6.07, 6.45) is 0. The molecule has 0 aliphatic carbocycles. The van der Waals surface area contributed by atoms with E-state index in [0.717, 1.165) is 8.95 Å². The molecule has 0 atom stereocenters. The average molecular weight is 841 g/mol. The minimum atomic E-state index is 0.420. The Bertz CT molecular complexity index is 2340. The second kappa shape index (κ2) is 14.9. The van der Waals surface area contributed by atoms with Gasteiger partial charge in [0.05, 0.1) is 0 Å². The molecule has 0 amide bonds. The van der Waals surface area contributed by atoms with Crippen molar-refractivity contribution in [3.05, 3.63) is 127 Å². The average Bonchev–Trinajstić information content (AvgIpc) is 3.12. The zero-order valence-corrected chi connectivity index (χ0v) is 37.5. The van der Waals surface area contributed by atoms with Gasteiger partial charge in [0.15, 0.2) is 0 Å². The number of halogens is 2. The molecule has 2 heteroatoms. The zero-order valence-electron chi connectivity index (χ0n) is 34.3. The topological polar surface area (TPSA) is 0 Å². The molecule has 54 heavy (non-hydrogen) atoms. The van der Waals surface area contributed by atoms with Crippen LogP contribution in [0.3, 0.4) is 0 Å². The predicted octanol–water partition coefficient (Wildman–Crippen LogP) is 17.9. The maximum absolute atomic E-state index is 3.99. The Morgan fingerprint density at radius 2 is 0.648 bits per heavy atom. The normalized spacial score (nSPS) is 12.5. The number of rotatable bonds is 8. The molecule has 0 aliphatic rings. The molecule has 7 aromatic carbocycles. The second-order valence-electron chi connectivity index (χ2n) is 17.6. The van der Waals surface area contributed by atoms with E-state index in [1.807, 2.05) is 0 Å². The molecule has 0 N–H and O–H groups in total. The summed E-state index contributed by atoms with van der Waals surface area (Å²) in [5, 5.41) is 10.2. The van der Waals surface area contributed by atoms with Crippen LogP contribution in [0, 0.1) is 0 Å². The van der Waals surface area contributed by atoms with Gasteiger partial charge < -0.3 is 0 Å². The van der Waals surface area contributed by atoms with Gasteiger partial charge in [-0.1, -0.05) is 163 Å². The summed E-state index contributed by atoms with van der Waals surface area (Å²) < 4.78 is 2.27. The lowest BCUT2D eigenvalue weighted by Crippen LogP contribution is -2.03. The summed E-state index contributed by atoms with van der Waals surface area (Å²) in [6, 6.07) is 33.7. The summed E-state index contributed by atoms with van der Waals surface area (Å²) in [5.74, 6) is 2.66. The van der Waals surface area contributed by atoms with Gasteiger partial charge in [0, 0.05) is 8.95 Å². The van der Waals surface area contributed by atoms with E-state index < -0.39 is 0 Å². The van der Waals surface area contributed by atoms with Crippen molar-refractivity contribution in [3.63, 3.8) is 0 Å². The molecule has 0 fully saturated rings. The van der Waals surface area contributed by atoms with Gasteiger partial charge in [0.25, 0.3) is 0 Å². The smallest absolute Gasteiger partial charge is 0.0260 e. The van der Waals surface area contributed by atoms with Crippen LogP contribution in [0.4, 0.5) is 0 Å². The first-order valence-electron chi connectivity index (χ1n) is 20.1.